The number of fused-ring (bicyclic) bond motifs is 1. The fourth-order valence-corrected chi connectivity index (χ4v) is 5.65. The van der Waals surface area contributed by atoms with Gasteiger partial charge in [0.15, 0.2) is 0 Å². The minimum absolute atomic E-state index is 0.119. The third-order valence-electron chi connectivity index (χ3n) is 7.45. The number of nitrogens with zero attached hydrogens (tertiary/aromatic N) is 3. The highest BCUT2D eigenvalue weighted by molar-refractivity contribution is 6.30. The number of hydrogen-bond donors (Lipinski definition) is 3. The van der Waals surface area contributed by atoms with Crippen molar-refractivity contribution >= 4 is 29.1 Å². The molecule has 1 saturated heterocycles. The van der Waals surface area contributed by atoms with Gasteiger partial charge in [-0.2, -0.15) is 0 Å². The molecule has 1 unspecified atom stereocenters. The Morgan fingerprint density at radius 3 is 2.76 bits per heavy atom. The average Bonchev–Trinajstić information content (AvgIpc) is 3.38. The molecule has 5 rings (SSSR count). The van der Waals surface area contributed by atoms with Crippen LogP contribution in [0.2, 0.25) is 5.02 Å². The summed E-state index contributed by atoms with van der Waals surface area (Å²) in [7, 11) is 0. The maximum Gasteiger partial charge on any atom is 0.269 e. The molecule has 1 aromatic heterocycles. The zero-order valence-corrected chi connectivity index (χ0v) is 21.4. The fraction of sp³-hybridized carbons (Fsp3) is 0.321. The summed E-state index contributed by atoms with van der Waals surface area (Å²) < 4.78 is 0. The Balaban J connectivity index is 1.15. The fourth-order valence-electron chi connectivity index (χ4n) is 5.46. The van der Waals surface area contributed by atoms with E-state index in [1.54, 1.807) is 24.4 Å². The Kier molecular flexibility index (Phi) is 7.04. The van der Waals surface area contributed by atoms with Crippen molar-refractivity contribution in [3.8, 4) is 0 Å². The molecule has 37 heavy (non-hydrogen) atoms. The molecule has 3 aliphatic rings. The molecule has 9 heteroatoms. The minimum Gasteiger partial charge on any atom is -0.385 e. The van der Waals surface area contributed by atoms with E-state index in [0.29, 0.717) is 30.9 Å². The third kappa shape index (κ3) is 4.99. The van der Waals surface area contributed by atoms with Gasteiger partial charge in [0.2, 0.25) is 5.91 Å². The first-order valence-corrected chi connectivity index (χ1v) is 12.9. The number of carbonyl (C=O) groups is 2. The van der Waals surface area contributed by atoms with Crippen LogP contribution in [0.15, 0.2) is 72.7 Å². The predicted octanol–water partition coefficient (Wildman–Crippen LogP) is 2.41. The molecule has 2 amide bonds. The average molecular weight is 519 g/mol. The monoisotopic (exact) mass is 518 g/mol. The topological polar surface area (TPSA) is 104 Å². The first-order valence-electron chi connectivity index (χ1n) is 12.5. The zero-order valence-electron chi connectivity index (χ0n) is 20.7. The van der Waals surface area contributed by atoms with E-state index in [0.717, 1.165) is 60.1 Å². The molecule has 2 aromatic rings. The third-order valence-corrected chi connectivity index (χ3v) is 7.68. The SMILES string of the molecule is C=C/C=C\C1=C(N)NC(=O)C12Cc1cnc(C(=O)NCCN3CCN(c4cccc(Cl)c4)CC3)cc1C2. The van der Waals surface area contributed by atoms with Gasteiger partial charge in [0.25, 0.3) is 5.91 Å². The molecule has 4 N–H and O–H groups in total. The molecule has 1 aliphatic carbocycles. The number of amides is 2. The number of nitrogens with one attached hydrogen (secondary N) is 2. The van der Waals surface area contributed by atoms with Gasteiger partial charge in [0.1, 0.15) is 11.5 Å². The molecule has 1 spiro atoms. The first-order chi connectivity index (χ1) is 17.9. The number of halogens is 1. The van der Waals surface area contributed by atoms with Crippen molar-refractivity contribution in [1.29, 1.82) is 0 Å². The maximum absolute atomic E-state index is 12.9. The molecule has 0 bridgehead atoms. The van der Waals surface area contributed by atoms with Crippen LogP contribution in [0.1, 0.15) is 21.6 Å². The van der Waals surface area contributed by atoms with Gasteiger partial charge in [-0.25, -0.2) is 0 Å². The van der Waals surface area contributed by atoms with E-state index in [-0.39, 0.29) is 11.8 Å². The molecule has 1 fully saturated rings. The van der Waals surface area contributed by atoms with Gasteiger partial charge in [0, 0.05) is 61.7 Å². The van der Waals surface area contributed by atoms with Gasteiger partial charge < -0.3 is 21.3 Å². The van der Waals surface area contributed by atoms with Gasteiger partial charge in [-0.05, 0) is 48.2 Å². The lowest BCUT2D eigenvalue weighted by molar-refractivity contribution is -0.126. The minimum atomic E-state index is -0.768. The summed E-state index contributed by atoms with van der Waals surface area (Å²) in [4.78, 5) is 34.8. The Hall–Kier alpha value is -3.62. The van der Waals surface area contributed by atoms with Crippen molar-refractivity contribution in [2.24, 2.45) is 11.1 Å². The van der Waals surface area contributed by atoms with E-state index in [9.17, 15) is 9.59 Å². The molecule has 2 aliphatic heterocycles. The smallest absolute Gasteiger partial charge is 0.269 e. The van der Waals surface area contributed by atoms with Gasteiger partial charge in [0.05, 0.1) is 5.41 Å². The van der Waals surface area contributed by atoms with Crippen molar-refractivity contribution < 1.29 is 9.59 Å². The Labute approximate surface area is 221 Å². The van der Waals surface area contributed by atoms with Crippen LogP contribution in [0.5, 0.6) is 0 Å². The van der Waals surface area contributed by atoms with Crippen LogP contribution in [-0.2, 0) is 17.6 Å². The molecule has 3 heterocycles. The molecule has 0 radical (unpaired) electrons. The van der Waals surface area contributed by atoms with Crippen LogP contribution in [-0.4, -0.2) is 61.0 Å². The van der Waals surface area contributed by atoms with Crippen LogP contribution in [0.4, 0.5) is 5.69 Å². The lowest BCUT2D eigenvalue weighted by atomic mass is 9.78. The van der Waals surface area contributed by atoms with Crippen molar-refractivity contribution in [1.82, 2.24) is 20.5 Å². The number of rotatable bonds is 7. The van der Waals surface area contributed by atoms with Crippen molar-refractivity contribution in [2.75, 3.05) is 44.2 Å². The number of anilines is 1. The van der Waals surface area contributed by atoms with E-state index in [1.807, 2.05) is 24.3 Å². The van der Waals surface area contributed by atoms with Crippen LogP contribution < -0.4 is 21.3 Å². The number of aromatic nitrogens is 1. The van der Waals surface area contributed by atoms with Crippen LogP contribution in [0.3, 0.4) is 0 Å². The summed E-state index contributed by atoms with van der Waals surface area (Å²) in [6.45, 7) is 8.68. The van der Waals surface area contributed by atoms with Crippen molar-refractivity contribution in [2.45, 2.75) is 12.8 Å². The van der Waals surface area contributed by atoms with Crippen molar-refractivity contribution in [3.05, 3.63) is 94.6 Å². The lowest BCUT2D eigenvalue weighted by Crippen LogP contribution is -2.48. The van der Waals surface area contributed by atoms with E-state index in [4.69, 9.17) is 17.3 Å². The number of allylic oxidation sites excluding steroid dienone is 3. The van der Waals surface area contributed by atoms with E-state index in [1.165, 1.54) is 0 Å². The van der Waals surface area contributed by atoms with E-state index < -0.39 is 5.41 Å². The number of carbonyl (C=O) groups excluding carboxylic acids is 2. The molecular weight excluding hydrogens is 488 g/mol. The number of hydrogen-bond acceptors (Lipinski definition) is 6. The van der Waals surface area contributed by atoms with Crippen molar-refractivity contribution in [3.63, 3.8) is 0 Å². The Morgan fingerprint density at radius 1 is 1.22 bits per heavy atom. The predicted molar refractivity (Wildman–Crippen MR) is 145 cm³/mol. The number of benzene rings is 1. The number of pyridine rings is 1. The summed E-state index contributed by atoms with van der Waals surface area (Å²) in [5.41, 5.74) is 9.51. The van der Waals surface area contributed by atoms with E-state index in [2.05, 4.69) is 38.1 Å². The summed E-state index contributed by atoms with van der Waals surface area (Å²) in [6.07, 6.45) is 7.96. The first kappa shape index (κ1) is 25.0. The zero-order chi connectivity index (χ0) is 26.0. The summed E-state index contributed by atoms with van der Waals surface area (Å²) in [5, 5.41) is 6.52. The highest BCUT2D eigenvalue weighted by Crippen LogP contribution is 2.46. The van der Waals surface area contributed by atoms with Gasteiger partial charge in [-0.15, -0.1) is 0 Å². The Morgan fingerprint density at radius 2 is 2.00 bits per heavy atom. The molecular formula is C28H31ClN6O2. The summed E-state index contributed by atoms with van der Waals surface area (Å²) in [6, 6.07) is 9.73. The van der Waals surface area contributed by atoms with Crippen LogP contribution in [0.25, 0.3) is 0 Å². The van der Waals surface area contributed by atoms with Gasteiger partial charge in [-0.3, -0.25) is 19.5 Å². The second kappa shape index (κ2) is 10.4. The number of nitrogens with two attached hydrogens (primary N) is 1. The number of piperazine rings is 1. The Bertz CT molecular complexity index is 1300. The second-order valence-electron chi connectivity index (χ2n) is 9.71. The molecule has 1 atom stereocenters. The van der Waals surface area contributed by atoms with Gasteiger partial charge in [-0.1, -0.05) is 42.5 Å². The van der Waals surface area contributed by atoms with E-state index >= 15 is 0 Å². The largest absolute Gasteiger partial charge is 0.385 e. The standard InChI is InChI=1S/C28H31ClN6O2/c1-2-3-7-23-25(30)33-27(37)28(23)16-19-14-24(32-18-20(19)17-28)26(36)31-8-9-34-10-12-35(13-11-34)22-6-4-5-21(29)15-22/h2-7,14-15,18H,1,8-13,16-17,30H2,(H,31,36)(H,33,37)/b7-3-. The van der Waals surface area contributed by atoms with Gasteiger partial charge >= 0.3 is 0 Å². The lowest BCUT2D eigenvalue weighted by Gasteiger charge is -2.36. The normalized spacial score (nSPS) is 21.5. The molecule has 1 aromatic carbocycles. The second-order valence-corrected chi connectivity index (χ2v) is 10.2. The highest BCUT2D eigenvalue weighted by Gasteiger charge is 2.51. The quantitative estimate of drug-likeness (QED) is 0.486. The van der Waals surface area contributed by atoms with Crippen LogP contribution in [0, 0.1) is 5.41 Å². The molecule has 0 saturated carbocycles. The maximum atomic E-state index is 12.9. The molecule has 192 valence electrons. The molecule has 8 nitrogen and oxygen atoms in total. The highest BCUT2D eigenvalue weighted by atomic mass is 35.5. The summed E-state index contributed by atoms with van der Waals surface area (Å²) >= 11 is 6.13. The summed E-state index contributed by atoms with van der Waals surface area (Å²) in [5.74, 6) is 0.0422. The van der Waals surface area contributed by atoms with Crippen LogP contribution >= 0.6 is 11.6 Å².